The lowest BCUT2D eigenvalue weighted by atomic mass is 9.94. The van der Waals surface area contributed by atoms with E-state index in [1.807, 2.05) is 18.2 Å². The normalized spacial score (nSPS) is 18.4. The summed E-state index contributed by atoms with van der Waals surface area (Å²) >= 11 is 0. The molecule has 2 amide bonds. The molecule has 1 fully saturated rings. The largest absolute Gasteiger partial charge is 0.383 e. The van der Waals surface area contributed by atoms with Crippen molar-refractivity contribution in [1.82, 2.24) is 25.0 Å². The lowest BCUT2D eigenvalue weighted by molar-refractivity contribution is 0.159. The van der Waals surface area contributed by atoms with Gasteiger partial charge in [0.25, 0.3) is 0 Å². The van der Waals surface area contributed by atoms with Crippen molar-refractivity contribution in [3.63, 3.8) is 0 Å². The number of benzene rings is 1. The minimum absolute atomic E-state index is 0.270. The smallest absolute Gasteiger partial charge is 0.320 e. The molecule has 1 saturated heterocycles. The van der Waals surface area contributed by atoms with Gasteiger partial charge in [0, 0.05) is 58.0 Å². The average Bonchev–Trinajstić information content (AvgIpc) is 3.35. The Morgan fingerprint density at radius 3 is 2.64 bits per heavy atom. The molecule has 2 unspecified atom stereocenters. The number of hydrogen-bond acceptors (Lipinski definition) is 5. The first kappa shape index (κ1) is 22.8. The predicted molar refractivity (Wildman–Crippen MR) is 120 cm³/mol. The van der Waals surface area contributed by atoms with Gasteiger partial charge in [-0.1, -0.05) is 6.07 Å². The third-order valence-corrected chi connectivity index (χ3v) is 5.69. The van der Waals surface area contributed by atoms with Crippen molar-refractivity contribution in [2.75, 3.05) is 38.7 Å². The van der Waals surface area contributed by atoms with Gasteiger partial charge in [-0.3, -0.25) is 19.9 Å². The first-order valence-corrected chi connectivity index (χ1v) is 10.6. The van der Waals surface area contributed by atoms with Crippen molar-refractivity contribution < 1.29 is 18.3 Å². The van der Waals surface area contributed by atoms with Crippen LogP contribution in [0.25, 0.3) is 11.4 Å². The number of halogens is 2. The molecular weight excluding hydrogens is 430 g/mol. The molecule has 0 radical (unpaired) electrons. The van der Waals surface area contributed by atoms with Crippen LogP contribution in [0.3, 0.4) is 0 Å². The number of hydrogen-bond donors (Lipinski definition) is 2. The molecule has 2 atom stereocenters. The molecule has 0 bridgehead atoms. The summed E-state index contributed by atoms with van der Waals surface area (Å²) in [5, 5.41) is 10.2. The first-order valence-electron chi connectivity index (χ1n) is 10.6. The number of nitrogens with zero attached hydrogens (tertiary/aromatic N) is 4. The first-order chi connectivity index (χ1) is 15.9. The zero-order chi connectivity index (χ0) is 23.4. The number of rotatable bonds is 7. The zero-order valence-corrected chi connectivity index (χ0v) is 18.5. The summed E-state index contributed by atoms with van der Waals surface area (Å²) in [4.78, 5) is 19.2. The van der Waals surface area contributed by atoms with Gasteiger partial charge in [-0.2, -0.15) is 5.10 Å². The maximum absolute atomic E-state index is 13.9. The Kier molecular flexibility index (Phi) is 6.95. The second-order valence-electron chi connectivity index (χ2n) is 8.02. The molecule has 0 spiro atoms. The van der Waals surface area contributed by atoms with Crippen molar-refractivity contribution in [3.05, 3.63) is 65.9 Å². The van der Waals surface area contributed by atoms with Crippen molar-refractivity contribution in [3.8, 4) is 11.4 Å². The minimum atomic E-state index is -0.638. The van der Waals surface area contributed by atoms with Gasteiger partial charge in [0.05, 0.1) is 18.3 Å². The number of aromatic nitrogens is 3. The second-order valence-corrected chi connectivity index (χ2v) is 8.02. The standard InChI is InChI=1S/C23H26F2N6O2/c1-30-22(12-20(29-30)19-5-3-4-6-26-19)28-23(32)27-21-14-31(7-8-33-2)13-18(21)15-9-16(24)11-17(25)10-15/h3-6,9-12,18,21H,7-8,13-14H2,1-2H3,(H2,27,28,32). The van der Waals surface area contributed by atoms with Crippen LogP contribution in [0, 0.1) is 11.6 Å². The fraction of sp³-hybridized carbons (Fsp3) is 0.348. The molecule has 174 valence electrons. The van der Waals surface area contributed by atoms with E-state index in [0.29, 0.717) is 49.0 Å². The fourth-order valence-electron chi connectivity index (χ4n) is 4.11. The molecule has 2 aromatic heterocycles. The Labute approximate surface area is 190 Å². The molecule has 33 heavy (non-hydrogen) atoms. The molecule has 2 N–H and O–H groups in total. The predicted octanol–water partition coefficient (Wildman–Crippen LogP) is 3.00. The molecule has 3 heterocycles. The Bertz CT molecular complexity index is 1090. The SMILES string of the molecule is COCCN1CC(NC(=O)Nc2cc(-c3ccccn3)nn2C)C(c2cc(F)cc(F)c2)C1. The van der Waals surface area contributed by atoms with Gasteiger partial charge >= 0.3 is 6.03 Å². The van der Waals surface area contributed by atoms with Gasteiger partial charge in [-0.05, 0) is 29.8 Å². The quantitative estimate of drug-likeness (QED) is 0.571. The van der Waals surface area contributed by atoms with E-state index in [-0.39, 0.29) is 12.0 Å². The highest BCUT2D eigenvalue weighted by atomic mass is 19.1. The summed E-state index contributed by atoms with van der Waals surface area (Å²) in [6, 6.07) is 9.97. The number of carbonyl (C=O) groups excluding carboxylic acids is 1. The third kappa shape index (κ3) is 5.52. The molecular formula is C23H26F2N6O2. The maximum atomic E-state index is 13.9. The summed E-state index contributed by atoms with van der Waals surface area (Å²) in [5.41, 5.74) is 1.84. The van der Waals surface area contributed by atoms with E-state index in [4.69, 9.17) is 4.74 Å². The lowest BCUT2D eigenvalue weighted by Crippen LogP contribution is -2.42. The number of urea groups is 1. The van der Waals surface area contributed by atoms with Gasteiger partial charge in [-0.15, -0.1) is 0 Å². The summed E-state index contributed by atoms with van der Waals surface area (Å²) in [6.45, 7) is 2.26. The van der Waals surface area contributed by atoms with Crippen molar-refractivity contribution in [1.29, 1.82) is 0 Å². The van der Waals surface area contributed by atoms with E-state index >= 15 is 0 Å². The fourth-order valence-corrected chi connectivity index (χ4v) is 4.11. The molecule has 1 aliphatic heterocycles. The van der Waals surface area contributed by atoms with E-state index in [9.17, 15) is 13.6 Å². The molecule has 1 aliphatic rings. The minimum Gasteiger partial charge on any atom is -0.383 e. The second kappa shape index (κ2) is 10.1. The molecule has 10 heteroatoms. The molecule has 3 aromatic rings. The van der Waals surface area contributed by atoms with Crippen LogP contribution in [0.2, 0.25) is 0 Å². The number of amides is 2. The summed E-state index contributed by atoms with van der Waals surface area (Å²) in [7, 11) is 3.34. The number of aryl methyl sites for hydroxylation is 1. The molecule has 8 nitrogen and oxygen atoms in total. The van der Waals surface area contributed by atoms with Crippen molar-refractivity contribution in [2.45, 2.75) is 12.0 Å². The molecule has 0 aliphatic carbocycles. The van der Waals surface area contributed by atoms with Crippen LogP contribution in [0.4, 0.5) is 19.4 Å². The number of methoxy groups -OCH3 is 1. The van der Waals surface area contributed by atoms with Crippen LogP contribution in [0.1, 0.15) is 11.5 Å². The summed E-state index contributed by atoms with van der Waals surface area (Å²) in [5.74, 6) is -1.05. The van der Waals surface area contributed by atoms with Gasteiger partial charge in [0.1, 0.15) is 23.1 Å². The Morgan fingerprint density at radius 1 is 1.15 bits per heavy atom. The Balaban J connectivity index is 1.48. The van der Waals surface area contributed by atoms with E-state index in [1.54, 1.807) is 31.1 Å². The lowest BCUT2D eigenvalue weighted by Gasteiger charge is -2.20. The van der Waals surface area contributed by atoms with Crippen LogP contribution in [0.5, 0.6) is 0 Å². The van der Waals surface area contributed by atoms with Crippen LogP contribution >= 0.6 is 0 Å². The van der Waals surface area contributed by atoms with Crippen molar-refractivity contribution >= 4 is 11.8 Å². The van der Waals surface area contributed by atoms with Crippen LogP contribution in [0.15, 0.2) is 48.7 Å². The molecule has 1 aromatic carbocycles. The summed E-state index contributed by atoms with van der Waals surface area (Å²) < 4.78 is 34.4. The number of pyridine rings is 1. The highest BCUT2D eigenvalue weighted by Gasteiger charge is 2.35. The zero-order valence-electron chi connectivity index (χ0n) is 18.5. The Hall–Kier alpha value is -3.37. The van der Waals surface area contributed by atoms with Crippen molar-refractivity contribution in [2.24, 2.45) is 7.05 Å². The topological polar surface area (TPSA) is 84.3 Å². The van der Waals surface area contributed by atoms with Gasteiger partial charge < -0.3 is 10.1 Å². The van der Waals surface area contributed by atoms with Gasteiger partial charge in [0.2, 0.25) is 0 Å². The number of nitrogens with one attached hydrogen (secondary N) is 2. The average molecular weight is 456 g/mol. The van der Waals surface area contributed by atoms with E-state index in [2.05, 4.69) is 25.6 Å². The number of anilines is 1. The van der Waals surface area contributed by atoms with Crippen LogP contribution < -0.4 is 10.6 Å². The molecule has 4 rings (SSSR count). The summed E-state index contributed by atoms with van der Waals surface area (Å²) in [6.07, 6.45) is 1.68. The number of likely N-dealkylation sites (tertiary alicyclic amines) is 1. The van der Waals surface area contributed by atoms with E-state index in [1.165, 1.54) is 12.1 Å². The molecule has 0 saturated carbocycles. The van der Waals surface area contributed by atoms with Crippen LogP contribution in [-0.4, -0.2) is 65.1 Å². The number of carbonyl (C=O) groups is 1. The number of ether oxygens (including phenoxy) is 1. The highest BCUT2D eigenvalue weighted by molar-refractivity contribution is 5.89. The van der Waals surface area contributed by atoms with Crippen LogP contribution in [-0.2, 0) is 11.8 Å². The maximum Gasteiger partial charge on any atom is 0.320 e. The Morgan fingerprint density at radius 2 is 1.94 bits per heavy atom. The van der Waals surface area contributed by atoms with Gasteiger partial charge in [-0.25, -0.2) is 13.6 Å². The highest BCUT2D eigenvalue weighted by Crippen LogP contribution is 2.29. The monoisotopic (exact) mass is 456 g/mol. The van der Waals surface area contributed by atoms with E-state index < -0.39 is 17.7 Å². The van der Waals surface area contributed by atoms with E-state index in [0.717, 1.165) is 6.07 Å². The third-order valence-electron chi connectivity index (χ3n) is 5.69. The van der Waals surface area contributed by atoms with Gasteiger partial charge in [0.15, 0.2) is 0 Å².